The van der Waals surface area contributed by atoms with Crippen LogP contribution in [0.1, 0.15) is 35.4 Å². The van der Waals surface area contributed by atoms with Crippen molar-refractivity contribution in [2.45, 2.75) is 49.6 Å². The Morgan fingerprint density at radius 3 is 2.34 bits per heavy atom. The summed E-state index contributed by atoms with van der Waals surface area (Å²) in [5.41, 5.74) is 1.30. The van der Waals surface area contributed by atoms with Crippen LogP contribution in [0.25, 0.3) is 10.2 Å². The number of sulfonamides is 1. The molecular weight excluding hydrogens is 564 g/mol. The average molecular weight is 601 g/mol. The number of ether oxygens (including phenoxy) is 1. The molecule has 1 N–H and O–H groups in total. The van der Waals surface area contributed by atoms with Gasteiger partial charge in [-0.25, -0.2) is 13.4 Å². The minimum absolute atomic E-state index is 0.0775. The minimum atomic E-state index is -3.80. The van der Waals surface area contributed by atoms with Crippen molar-refractivity contribution in [3.8, 4) is 5.75 Å². The number of methoxy groups -OCH3 is 1. The molecule has 1 aliphatic carbocycles. The third-order valence-corrected chi connectivity index (χ3v) is 11.3. The summed E-state index contributed by atoms with van der Waals surface area (Å²) in [6.45, 7) is 0.970. The summed E-state index contributed by atoms with van der Waals surface area (Å²) in [6, 6.07) is 11.2. The lowest BCUT2D eigenvalue weighted by atomic mass is 9.80. The summed E-state index contributed by atoms with van der Waals surface area (Å²) in [5, 5.41) is 15.0. The van der Waals surface area contributed by atoms with E-state index in [0.717, 1.165) is 33.2 Å². The van der Waals surface area contributed by atoms with E-state index in [1.165, 1.54) is 22.8 Å². The van der Waals surface area contributed by atoms with Crippen LogP contribution in [0.15, 0.2) is 41.3 Å². The Labute approximate surface area is 244 Å². The Balaban J connectivity index is 1.34. The van der Waals surface area contributed by atoms with E-state index in [9.17, 15) is 23.1 Å². The zero-order valence-corrected chi connectivity index (χ0v) is 25.4. The SMILES string of the molecule is COc1cc2sc(CNC(=O)C3(CC(=O)[O-])Cc4ccccc4C3)nc2cc1S(=O)(=O)N1CCC([N+](C)(C)C)CC1. The zero-order valence-electron chi connectivity index (χ0n) is 23.8. The molecule has 0 radical (unpaired) electrons. The monoisotopic (exact) mass is 600 g/mol. The second-order valence-corrected chi connectivity index (χ2v) is 15.0. The van der Waals surface area contributed by atoms with Crippen molar-refractivity contribution in [1.82, 2.24) is 14.6 Å². The summed E-state index contributed by atoms with van der Waals surface area (Å²) in [5.74, 6) is -1.38. The van der Waals surface area contributed by atoms with Crippen molar-refractivity contribution in [3.63, 3.8) is 0 Å². The number of hydrogen-bond acceptors (Lipinski definition) is 8. The van der Waals surface area contributed by atoms with Crippen LogP contribution in [0, 0.1) is 5.41 Å². The number of carboxylic acids is 1. The Morgan fingerprint density at radius 2 is 1.78 bits per heavy atom. The first kappa shape index (κ1) is 29.4. The lowest BCUT2D eigenvalue weighted by molar-refractivity contribution is -0.897. The van der Waals surface area contributed by atoms with E-state index >= 15 is 0 Å². The molecule has 0 spiro atoms. The number of carboxylic acid groups (broad SMARTS) is 1. The fourth-order valence-electron chi connectivity index (χ4n) is 6.10. The number of fused-ring (bicyclic) bond motifs is 2. The molecular formula is C29H36N4O6S2. The number of hydrogen-bond donors (Lipinski definition) is 1. The molecule has 0 saturated carbocycles. The number of piperidine rings is 1. The molecule has 220 valence electrons. The van der Waals surface area contributed by atoms with Crippen molar-refractivity contribution in [2.24, 2.45) is 5.41 Å². The van der Waals surface area contributed by atoms with Crippen LogP contribution in [0.2, 0.25) is 0 Å². The lowest BCUT2D eigenvalue weighted by Gasteiger charge is -2.39. The van der Waals surface area contributed by atoms with E-state index in [-0.39, 0.29) is 29.5 Å². The zero-order chi connectivity index (χ0) is 29.6. The maximum atomic E-state index is 13.7. The van der Waals surface area contributed by atoms with Crippen molar-refractivity contribution in [3.05, 3.63) is 52.5 Å². The molecule has 1 saturated heterocycles. The molecule has 1 aromatic heterocycles. The molecule has 2 aliphatic rings. The van der Waals surface area contributed by atoms with E-state index in [0.29, 0.717) is 42.5 Å². The van der Waals surface area contributed by atoms with Crippen LogP contribution in [0.3, 0.4) is 0 Å². The van der Waals surface area contributed by atoms with Crippen LogP contribution in [0.4, 0.5) is 0 Å². The standard InChI is InChI=1S/C29H36N4O6S2/c1-33(2,3)21-9-11-32(12-10-21)41(37,38)25-13-22-24(14-23(25)39-4)40-26(31-22)18-30-28(36)29(17-27(34)35)15-19-7-5-6-8-20(19)16-29/h5-8,13-14,21H,9-12,15-18H2,1-4H3,(H-,30,34,35,36). The second kappa shape index (κ2) is 11.0. The highest BCUT2D eigenvalue weighted by atomic mass is 32.2. The molecule has 2 aromatic carbocycles. The van der Waals surface area contributed by atoms with Crippen molar-refractivity contribution in [1.29, 1.82) is 0 Å². The van der Waals surface area contributed by atoms with Gasteiger partial charge in [-0.2, -0.15) is 4.31 Å². The van der Waals surface area contributed by atoms with Crippen LogP contribution in [-0.2, 0) is 39.0 Å². The van der Waals surface area contributed by atoms with Crippen molar-refractivity contribution < 1.29 is 32.3 Å². The largest absolute Gasteiger partial charge is 0.550 e. The van der Waals surface area contributed by atoms with E-state index in [2.05, 4.69) is 31.4 Å². The minimum Gasteiger partial charge on any atom is -0.550 e. The first-order valence-corrected chi connectivity index (χ1v) is 15.9. The van der Waals surface area contributed by atoms with Gasteiger partial charge in [-0.15, -0.1) is 11.3 Å². The van der Waals surface area contributed by atoms with Gasteiger partial charge in [0.2, 0.25) is 15.9 Å². The molecule has 0 bridgehead atoms. The number of quaternary nitrogens is 1. The fourth-order valence-corrected chi connectivity index (χ4v) is 8.64. The molecule has 3 aromatic rings. The normalized spacial score (nSPS) is 17.9. The number of nitrogens with zero attached hydrogens (tertiary/aromatic N) is 3. The van der Waals surface area contributed by atoms with Gasteiger partial charge in [-0.3, -0.25) is 4.79 Å². The molecule has 0 atom stereocenters. The number of aliphatic carboxylic acids is 1. The molecule has 1 fully saturated rings. The first-order valence-electron chi connectivity index (χ1n) is 13.7. The van der Waals surface area contributed by atoms with Gasteiger partial charge in [0, 0.05) is 44.4 Å². The predicted molar refractivity (Wildman–Crippen MR) is 154 cm³/mol. The molecule has 12 heteroatoms. The summed E-state index contributed by atoms with van der Waals surface area (Å²) in [7, 11) is 4.03. The van der Waals surface area contributed by atoms with E-state index < -0.39 is 21.4 Å². The van der Waals surface area contributed by atoms with Gasteiger partial charge in [-0.05, 0) is 30.0 Å². The molecule has 1 amide bonds. The van der Waals surface area contributed by atoms with Crippen molar-refractivity contribution >= 4 is 43.5 Å². The van der Waals surface area contributed by atoms with Gasteiger partial charge in [0.05, 0.1) is 56.5 Å². The van der Waals surface area contributed by atoms with Gasteiger partial charge >= 0.3 is 0 Å². The summed E-state index contributed by atoms with van der Waals surface area (Å²) >= 11 is 1.32. The number of amides is 1. The van der Waals surface area contributed by atoms with Gasteiger partial charge in [0.25, 0.3) is 0 Å². The molecule has 41 heavy (non-hydrogen) atoms. The first-order chi connectivity index (χ1) is 19.3. The number of nitrogens with one attached hydrogen (secondary N) is 1. The van der Waals surface area contributed by atoms with Crippen molar-refractivity contribution in [2.75, 3.05) is 41.3 Å². The Kier molecular flexibility index (Phi) is 7.88. The van der Waals surface area contributed by atoms with Crippen LogP contribution in [-0.4, -0.2) is 81.5 Å². The quantitative estimate of drug-likeness (QED) is 0.370. The average Bonchev–Trinajstić information content (AvgIpc) is 3.50. The number of rotatable bonds is 9. The molecule has 0 unspecified atom stereocenters. The molecule has 2 heterocycles. The van der Waals surface area contributed by atoms with Gasteiger partial charge in [0.1, 0.15) is 15.7 Å². The van der Waals surface area contributed by atoms with E-state index in [1.54, 1.807) is 12.1 Å². The maximum Gasteiger partial charge on any atom is 0.246 e. The highest BCUT2D eigenvalue weighted by molar-refractivity contribution is 7.89. The van der Waals surface area contributed by atoms with Gasteiger partial charge in [0.15, 0.2) is 0 Å². The highest BCUT2D eigenvalue weighted by Crippen LogP contribution is 2.40. The van der Waals surface area contributed by atoms with E-state index in [1.807, 2.05) is 24.3 Å². The Hall–Kier alpha value is -3.06. The summed E-state index contributed by atoms with van der Waals surface area (Å²) < 4.78 is 35.9. The third-order valence-electron chi connectivity index (χ3n) is 8.40. The van der Waals surface area contributed by atoms with Crippen LogP contribution in [0.5, 0.6) is 5.75 Å². The molecule has 5 rings (SSSR count). The third kappa shape index (κ3) is 5.83. The number of carbonyl (C=O) groups excluding carboxylic acids is 2. The van der Waals surface area contributed by atoms with Gasteiger partial charge < -0.3 is 24.4 Å². The number of benzene rings is 2. The topological polar surface area (TPSA) is 129 Å². The predicted octanol–water partition coefficient (Wildman–Crippen LogP) is 1.71. The van der Waals surface area contributed by atoms with Crippen LogP contribution < -0.4 is 15.2 Å². The van der Waals surface area contributed by atoms with Crippen LogP contribution >= 0.6 is 11.3 Å². The van der Waals surface area contributed by atoms with Gasteiger partial charge in [-0.1, -0.05) is 24.3 Å². The molecule has 1 aliphatic heterocycles. The fraction of sp³-hybridized carbons (Fsp3) is 0.483. The number of carbonyl (C=O) groups is 2. The highest BCUT2D eigenvalue weighted by Gasteiger charge is 2.43. The maximum absolute atomic E-state index is 13.7. The summed E-state index contributed by atoms with van der Waals surface area (Å²) in [4.78, 5) is 29.6. The second-order valence-electron chi connectivity index (χ2n) is 12.0. The Morgan fingerprint density at radius 1 is 1.15 bits per heavy atom. The molecule has 10 nitrogen and oxygen atoms in total. The smallest absolute Gasteiger partial charge is 0.246 e. The van der Waals surface area contributed by atoms with E-state index in [4.69, 9.17) is 4.74 Å². The number of aromatic nitrogens is 1. The summed E-state index contributed by atoms with van der Waals surface area (Å²) in [6.07, 6.45) is 1.83. The number of thiazole rings is 1. The lowest BCUT2D eigenvalue weighted by Crippen LogP contribution is -2.52. The Bertz CT molecular complexity index is 1560.